The highest BCUT2D eigenvalue weighted by molar-refractivity contribution is 5.76. The summed E-state index contributed by atoms with van der Waals surface area (Å²) in [6.07, 6.45) is 45.2. The van der Waals surface area contributed by atoms with Gasteiger partial charge in [-0.3, -0.25) is 4.79 Å². The Balaban J connectivity index is 1.69. The van der Waals surface area contributed by atoms with Crippen molar-refractivity contribution < 1.29 is 64.6 Å². The van der Waals surface area contributed by atoms with Crippen molar-refractivity contribution in [3.8, 4) is 0 Å². The van der Waals surface area contributed by atoms with Crippen molar-refractivity contribution in [2.45, 2.75) is 364 Å². The molecule has 0 saturated carbocycles. The zero-order chi connectivity index (χ0) is 57.4. The molecule has 2 aliphatic heterocycles. The molecular weight excluding hydrogens is 1000 g/mol. The molecule has 0 aromatic rings. The molecule has 0 radical (unpaired) electrons. The van der Waals surface area contributed by atoms with Crippen LogP contribution in [0.25, 0.3) is 0 Å². The summed E-state index contributed by atoms with van der Waals surface area (Å²) in [6, 6.07) is -0.928. The van der Waals surface area contributed by atoms with Gasteiger partial charge in [0.25, 0.3) is 0 Å². The number of hydrogen-bond donors (Lipinski definition) is 9. The van der Waals surface area contributed by atoms with E-state index < -0.39 is 86.8 Å². The lowest BCUT2D eigenvalue weighted by Crippen LogP contribution is -2.65. The summed E-state index contributed by atoms with van der Waals surface area (Å²) in [5, 5.41) is 87.2. The van der Waals surface area contributed by atoms with E-state index >= 15 is 0 Å². The van der Waals surface area contributed by atoms with E-state index in [-0.39, 0.29) is 18.9 Å². The highest BCUT2D eigenvalue weighted by Crippen LogP contribution is 2.30. The summed E-state index contributed by atoms with van der Waals surface area (Å²) in [4.78, 5) is 13.3. The van der Waals surface area contributed by atoms with Crippen molar-refractivity contribution in [1.29, 1.82) is 0 Å². The standard InChI is InChI=1S/C65H123NO13/c1-3-5-7-9-11-13-15-17-19-21-22-23-24-25-26-27-28-29-30-31-33-35-37-39-41-43-45-47-49-57(70)66-53(54(69)48-46-44-42-40-38-36-34-32-20-18-16-14-12-10-8-6-4-2)52-76-64-62(75)60(73)63(56(51-68)78-64)79-65-61(74)59(72)58(71)55(50-67)77-65/h38,40,46,48,53-56,58-65,67-69,71-75H,3-37,39,41-45,47,49-52H2,1-2H3,(H,66,70)/b40-38+,48-46+. The molecule has 0 aromatic carbocycles. The predicted molar refractivity (Wildman–Crippen MR) is 318 cm³/mol. The summed E-state index contributed by atoms with van der Waals surface area (Å²) in [5.41, 5.74) is 0. The molecule has 14 heteroatoms. The van der Waals surface area contributed by atoms with Gasteiger partial charge >= 0.3 is 0 Å². The van der Waals surface area contributed by atoms with E-state index in [1.165, 1.54) is 225 Å². The number of aliphatic hydroxyl groups is 8. The molecule has 2 heterocycles. The molecule has 466 valence electrons. The summed E-state index contributed by atoms with van der Waals surface area (Å²) in [6.45, 7) is 2.82. The Morgan fingerprint density at radius 2 is 0.810 bits per heavy atom. The van der Waals surface area contributed by atoms with Gasteiger partial charge in [-0.2, -0.15) is 0 Å². The van der Waals surface area contributed by atoms with Crippen LogP contribution in [0.4, 0.5) is 0 Å². The zero-order valence-electron chi connectivity index (χ0n) is 50.4. The molecule has 14 nitrogen and oxygen atoms in total. The first-order valence-electron chi connectivity index (χ1n) is 33.1. The maximum absolute atomic E-state index is 13.3. The molecule has 2 saturated heterocycles. The van der Waals surface area contributed by atoms with Crippen LogP contribution in [-0.4, -0.2) is 140 Å². The zero-order valence-corrected chi connectivity index (χ0v) is 50.4. The summed E-state index contributed by atoms with van der Waals surface area (Å²) < 4.78 is 22.8. The fourth-order valence-electron chi connectivity index (χ4n) is 11.1. The van der Waals surface area contributed by atoms with Crippen LogP contribution in [0.2, 0.25) is 0 Å². The molecule has 1 amide bonds. The second kappa shape index (κ2) is 50.9. The van der Waals surface area contributed by atoms with Gasteiger partial charge in [0, 0.05) is 6.42 Å². The van der Waals surface area contributed by atoms with Crippen LogP contribution >= 0.6 is 0 Å². The van der Waals surface area contributed by atoms with Gasteiger partial charge in [0.05, 0.1) is 32.0 Å². The summed E-state index contributed by atoms with van der Waals surface area (Å²) >= 11 is 0. The molecule has 12 unspecified atom stereocenters. The predicted octanol–water partition coefficient (Wildman–Crippen LogP) is 12.4. The Hall–Kier alpha value is -1.53. The Kier molecular flexibility index (Phi) is 47.4. The van der Waals surface area contributed by atoms with Crippen molar-refractivity contribution >= 4 is 5.91 Å². The Morgan fingerprint density at radius 3 is 1.24 bits per heavy atom. The molecule has 2 aliphatic rings. The number of rotatable bonds is 54. The topological polar surface area (TPSA) is 228 Å². The van der Waals surface area contributed by atoms with Gasteiger partial charge < -0.3 is 65.1 Å². The fourth-order valence-corrected chi connectivity index (χ4v) is 11.1. The van der Waals surface area contributed by atoms with Gasteiger partial charge in [0.15, 0.2) is 12.6 Å². The normalized spacial score (nSPS) is 24.5. The van der Waals surface area contributed by atoms with Crippen molar-refractivity contribution in [3.05, 3.63) is 24.3 Å². The number of ether oxygens (including phenoxy) is 4. The minimum atomic E-state index is -1.79. The second-order valence-corrected chi connectivity index (χ2v) is 23.6. The average Bonchev–Trinajstić information content (AvgIpc) is 3.48. The van der Waals surface area contributed by atoms with Gasteiger partial charge in [-0.1, -0.05) is 276 Å². The molecule has 9 N–H and O–H groups in total. The number of aliphatic hydroxyl groups excluding tert-OH is 8. The van der Waals surface area contributed by atoms with E-state index in [0.717, 1.165) is 32.1 Å². The average molecular weight is 1130 g/mol. The third kappa shape index (κ3) is 36.0. The third-order valence-corrected chi connectivity index (χ3v) is 16.4. The number of nitrogens with one attached hydrogen (secondary N) is 1. The van der Waals surface area contributed by atoms with Crippen LogP contribution < -0.4 is 5.32 Å². The first kappa shape index (κ1) is 73.6. The molecule has 2 rings (SSSR count). The van der Waals surface area contributed by atoms with Gasteiger partial charge in [-0.15, -0.1) is 0 Å². The maximum atomic E-state index is 13.3. The van der Waals surface area contributed by atoms with Gasteiger partial charge in [0.1, 0.15) is 48.8 Å². The third-order valence-electron chi connectivity index (χ3n) is 16.4. The van der Waals surface area contributed by atoms with Crippen LogP contribution in [0.3, 0.4) is 0 Å². The van der Waals surface area contributed by atoms with Crippen molar-refractivity contribution in [1.82, 2.24) is 5.32 Å². The molecule has 12 atom stereocenters. The molecule has 0 spiro atoms. The van der Waals surface area contributed by atoms with E-state index in [0.29, 0.717) is 12.8 Å². The van der Waals surface area contributed by atoms with E-state index in [2.05, 4.69) is 31.3 Å². The van der Waals surface area contributed by atoms with Crippen molar-refractivity contribution in [3.63, 3.8) is 0 Å². The molecular formula is C65H123NO13. The lowest BCUT2D eigenvalue weighted by atomic mass is 9.97. The summed E-state index contributed by atoms with van der Waals surface area (Å²) in [5.74, 6) is -0.243. The fraction of sp³-hybridized carbons (Fsp3) is 0.923. The minimum absolute atomic E-state index is 0.243. The van der Waals surface area contributed by atoms with Crippen LogP contribution in [0.15, 0.2) is 24.3 Å². The number of allylic oxidation sites excluding steroid dienone is 3. The number of carbonyl (C=O) groups excluding carboxylic acids is 1. The van der Waals surface area contributed by atoms with Crippen LogP contribution in [0.1, 0.15) is 290 Å². The highest BCUT2D eigenvalue weighted by Gasteiger charge is 2.51. The quantitative estimate of drug-likeness (QED) is 0.0204. The van der Waals surface area contributed by atoms with Gasteiger partial charge in [0.2, 0.25) is 5.91 Å². The molecule has 0 aromatic heterocycles. The first-order chi connectivity index (χ1) is 38.6. The molecule has 0 aliphatic carbocycles. The highest BCUT2D eigenvalue weighted by atomic mass is 16.7. The lowest BCUT2D eigenvalue weighted by Gasteiger charge is -2.46. The number of hydrogen-bond acceptors (Lipinski definition) is 13. The summed E-state index contributed by atoms with van der Waals surface area (Å²) in [7, 11) is 0. The van der Waals surface area contributed by atoms with Gasteiger partial charge in [-0.25, -0.2) is 0 Å². The molecule has 0 bridgehead atoms. The Labute approximate surface area is 481 Å². The smallest absolute Gasteiger partial charge is 0.220 e. The maximum Gasteiger partial charge on any atom is 0.220 e. The van der Waals surface area contributed by atoms with E-state index in [4.69, 9.17) is 18.9 Å². The van der Waals surface area contributed by atoms with Crippen molar-refractivity contribution in [2.24, 2.45) is 0 Å². The van der Waals surface area contributed by atoms with Gasteiger partial charge in [-0.05, 0) is 32.1 Å². The van der Waals surface area contributed by atoms with E-state index in [9.17, 15) is 45.6 Å². The first-order valence-corrected chi connectivity index (χ1v) is 33.1. The van der Waals surface area contributed by atoms with Crippen LogP contribution in [-0.2, 0) is 23.7 Å². The lowest BCUT2D eigenvalue weighted by molar-refractivity contribution is -0.359. The Morgan fingerprint density at radius 1 is 0.443 bits per heavy atom. The van der Waals surface area contributed by atoms with Crippen LogP contribution in [0, 0.1) is 0 Å². The van der Waals surface area contributed by atoms with E-state index in [1.54, 1.807) is 6.08 Å². The van der Waals surface area contributed by atoms with E-state index in [1.807, 2.05) is 6.08 Å². The minimum Gasteiger partial charge on any atom is -0.394 e. The van der Waals surface area contributed by atoms with Crippen molar-refractivity contribution in [2.75, 3.05) is 19.8 Å². The molecule has 2 fully saturated rings. The largest absolute Gasteiger partial charge is 0.394 e. The van der Waals surface area contributed by atoms with Crippen LogP contribution in [0.5, 0.6) is 0 Å². The number of unbranched alkanes of at least 4 members (excludes halogenated alkanes) is 39. The second-order valence-electron chi connectivity index (χ2n) is 23.6. The number of carbonyl (C=O) groups is 1. The monoisotopic (exact) mass is 1130 g/mol. The number of amides is 1. The Bertz CT molecular complexity index is 1420. The molecule has 79 heavy (non-hydrogen) atoms. The SMILES string of the molecule is CCCCCCCCCCCCC/C=C/CC/C=C/C(O)C(COC1OC(CO)C(OC2OC(CO)C(O)C(O)C2O)C(O)C1O)NC(=O)CCCCCCCCCCCCCCCCCCCCCCCCCCCCCC.